The predicted octanol–water partition coefficient (Wildman–Crippen LogP) is 6.14. The van der Waals surface area contributed by atoms with E-state index in [9.17, 15) is 0 Å². The number of imidazole rings is 1. The minimum Gasteiger partial charge on any atom is -0.336 e. The normalized spacial score (nSPS) is 12.2. The molecule has 1 atom stereocenters. The maximum atomic E-state index is 6.34. The molecule has 1 heterocycles. The van der Waals surface area contributed by atoms with Crippen LogP contribution in [0.3, 0.4) is 0 Å². The van der Waals surface area contributed by atoms with Crippen molar-refractivity contribution in [2.75, 3.05) is 5.75 Å². The Morgan fingerprint density at radius 2 is 1.75 bits per heavy atom. The van der Waals surface area contributed by atoms with E-state index in [1.807, 2.05) is 48.6 Å². The third kappa shape index (κ3) is 4.96. The number of hydrogen-bond acceptors (Lipinski definition) is 3. The van der Waals surface area contributed by atoms with Crippen LogP contribution in [0.1, 0.15) is 0 Å². The lowest BCUT2D eigenvalue weighted by atomic mass is 10.4. The summed E-state index contributed by atoms with van der Waals surface area (Å²) < 4.78 is 2.09. The smallest absolute Gasteiger partial charge is 0.0946 e. The maximum Gasteiger partial charge on any atom is 0.0946 e. The molecule has 0 spiro atoms. The molecule has 0 N–H and O–H groups in total. The highest BCUT2D eigenvalue weighted by Crippen LogP contribution is 2.38. The van der Waals surface area contributed by atoms with Gasteiger partial charge in [0.1, 0.15) is 0 Å². The lowest BCUT2D eigenvalue weighted by Gasteiger charge is -2.18. The Labute approximate surface area is 160 Å². The van der Waals surface area contributed by atoms with Crippen molar-refractivity contribution in [1.82, 2.24) is 9.55 Å². The number of hydrogen-bond donors (Lipinski definition) is 0. The van der Waals surface area contributed by atoms with Gasteiger partial charge in [0.05, 0.1) is 16.4 Å². The maximum absolute atomic E-state index is 6.34. The number of benzene rings is 2. The molecule has 0 fully saturated rings. The van der Waals surface area contributed by atoms with Gasteiger partial charge >= 0.3 is 0 Å². The molecule has 1 aromatic heterocycles. The van der Waals surface area contributed by atoms with Crippen LogP contribution in [-0.4, -0.2) is 20.6 Å². The molecule has 0 amide bonds. The van der Waals surface area contributed by atoms with E-state index < -0.39 is 0 Å². The average Bonchev–Trinajstić information content (AvgIpc) is 3.10. The Morgan fingerprint density at radius 1 is 1.00 bits per heavy atom. The van der Waals surface area contributed by atoms with Crippen LogP contribution in [0.5, 0.6) is 0 Å². The molecule has 0 saturated carbocycles. The minimum absolute atomic E-state index is 0.321. The highest BCUT2D eigenvalue weighted by Gasteiger charge is 2.16. The molecule has 3 rings (SSSR count). The molecule has 2 nitrogen and oxygen atoms in total. The van der Waals surface area contributed by atoms with Crippen molar-refractivity contribution in [2.45, 2.75) is 21.6 Å². The summed E-state index contributed by atoms with van der Waals surface area (Å²) in [6.07, 6.45) is 5.62. The van der Waals surface area contributed by atoms with E-state index in [0.717, 1.165) is 17.2 Å². The van der Waals surface area contributed by atoms with E-state index in [-0.39, 0.29) is 0 Å². The number of halogens is 2. The summed E-state index contributed by atoms with van der Waals surface area (Å²) in [5.74, 6) is 0.953. The van der Waals surface area contributed by atoms with Gasteiger partial charge in [-0.15, -0.1) is 23.5 Å². The van der Waals surface area contributed by atoms with Gasteiger partial charge in [0.15, 0.2) is 0 Å². The minimum atomic E-state index is 0.321. The van der Waals surface area contributed by atoms with Crippen LogP contribution < -0.4 is 0 Å². The average molecular weight is 395 g/mol. The van der Waals surface area contributed by atoms with Crippen LogP contribution >= 0.6 is 46.7 Å². The number of thioether (sulfide) groups is 2. The van der Waals surface area contributed by atoms with Crippen LogP contribution in [0, 0.1) is 0 Å². The van der Waals surface area contributed by atoms with E-state index in [1.54, 1.807) is 18.0 Å². The summed E-state index contributed by atoms with van der Waals surface area (Å²) in [7, 11) is 0. The molecule has 0 aliphatic heterocycles. The van der Waals surface area contributed by atoms with Crippen LogP contribution in [0.15, 0.2) is 77.0 Å². The fourth-order valence-corrected chi connectivity index (χ4v) is 5.14. The van der Waals surface area contributed by atoms with Crippen LogP contribution in [0.4, 0.5) is 0 Å². The van der Waals surface area contributed by atoms with Gasteiger partial charge < -0.3 is 4.57 Å². The van der Waals surface area contributed by atoms with E-state index in [0.29, 0.717) is 15.3 Å². The molecule has 2 aromatic carbocycles. The summed E-state index contributed by atoms with van der Waals surface area (Å²) in [5.41, 5.74) is 0. The SMILES string of the molecule is Clc1cccc(Cl)c1SC(CSc1ccccc1)Cn1ccnc1. The zero-order chi connectivity index (χ0) is 16.8. The highest BCUT2D eigenvalue weighted by molar-refractivity contribution is 8.03. The van der Waals surface area contributed by atoms with E-state index in [2.05, 4.69) is 33.8 Å². The molecule has 24 heavy (non-hydrogen) atoms. The highest BCUT2D eigenvalue weighted by atomic mass is 35.5. The van der Waals surface area contributed by atoms with Crippen molar-refractivity contribution in [2.24, 2.45) is 0 Å². The fourth-order valence-electron chi connectivity index (χ4n) is 2.22. The Balaban J connectivity index is 1.74. The second kappa shape index (κ2) is 8.86. The summed E-state index contributed by atoms with van der Waals surface area (Å²) in [6.45, 7) is 0.853. The number of nitrogens with zero attached hydrogens (tertiary/aromatic N) is 2. The largest absolute Gasteiger partial charge is 0.336 e. The molecular weight excluding hydrogens is 379 g/mol. The van der Waals surface area contributed by atoms with Crippen LogP contribution in [0.25, 0.3) is 0 Å². The first-order valence-electron chi connectivity index (χ1n) is 7.46. The lowest BCUT2D eigenvalue weighted by Crippen LogP contribution is -2.15. The Morgan fingerprint density at radius 3 is 2.42 bits per heavy atom. The second-order valence-electron chi connectivity index (χ2n) is 5.17. The van der Waals surface area contributed by atoms with Crippen molar-refractivity contribution in [3.8, 4) is 0 Å². The van der Waals surface area contributed by atoms with Gasteiger partial charge in [-0.3, -0.25) is 0 Å². The fraction of sp³-hybridized carbons (Fsp3) is 0.167. The van der Waals surface area contributed by atoms with Crippen molar-refractivity contribution in [1.29, 1.82) is 0 Å². The predicted molar refractivity (Wildman–Crippen MR) is 106 cm³/mol. The van der Waals surface area contributed by atoms with Crippen molar-refractivity contribution < 1.29 is 0 Å². The zero-order valence-corrected chi connectivity index (χ0v) is 16.0. The topological polar surface area (TPSA) is 17.8 Å². The molecule has 6 heteroatoms. The first-order valence-corrected chi connectivity index (χ1v) is 10.1. The lowest BCUT2D eigenvalue weighted by molar-refractivity contribution is 0.695. The third-order valence-corrected chi connectivity index (χ3v) is 6.92. The van der Waals surface area contributed by atoms with Gasteiger partial charge in [-0.2, -0.15) is 0 Å². The third-order valence-electron chi connectivity index (χ3n) is 3.36. The van der Waals surface area contributed by atoms with Gasteiger partial charge in [-0.1, -0.05) is 47.5 Å². The summed E-state index contributed by atoms with van der Waals surface area (Å²) in [5, 5.41) is 1.72. The van der Waals surface area contributed by atoms with Gasteiger partial charge in [0, 0.05) is 39.7 Å². The second-order valence-corrected chi connectivity index (χ2v) is 8.39. The Kier molecular flexibility index (Phi) is 6.55. The molecule has 0 bridgehead atoms. The van der Waals surface area contributed by atoms with Gasteiger partial charge in [-0.05, 0) is 24.3 Å². The van der Waals surface area contributed by atoms with Crippen molar-refractivity contribution in [3.05, 3.63) is 77.3 Å². The van der Waals surface area contributed by atoms with E-state index in [1.165, 1.54) is 4.90 Å². The van der Waals surface area contributed by atoms with Crippen molar-refractivity contribution >= 4 is 46.7 Å². The monoisotopic (exact) mass is 394 g/mol. The van der Waals surface area contributed by atoms with Gasteiger partial charge in [0.25, 0.3) is 0 Å². The van der Waals surface area contributed by atoms with Crippen LogP contribution in [-0.2, 0) is 6.54 Å². The van der Waals surface area contributed by atoms with Gasteiger partial charge in [-0.25, -0.2) is 4.98 Å². The molecule has 0 saturated heterocycles. The molecular formula is C18H16Cl2N2S2. The van der Waals surface area contributed by atoms with Gasteiger partial charge in [0.2, 0.25) is 0 Å². The summed E-state index contributed by atoms with van der Waals surface area (Å²) in [4.78, 5) is 6.34. The number of aromatic nitrogens is 2. The Bertz CT molecular complexity index is 744. The molecule has 1 unspecified atom stereocenters. The van der Waals surface area contributed by atoms with E-state index >= 15 is 0 Å². The molecule has 124 valence electrons. The number of rotatable bonds is 7. The van der Waals surface area contributed by atoms with E-state index in [4.69, 9.17) is 23.2 Å². The van der Waals surface area contributed by atoms with Crippen LogP contribution in [0.2, 0.25) is 10.0 Å². The molecule has 0 aliphatic rings. The zero-order valence-electron chi connectivity index (χ0n) is 12.8. The first kappa shape index (κ1) is 17.7. The molecule has 0 aliphatic carbocycles. The Hall–Kier alpha value is -1.07. The summed E-state index contributed by atoms with van der Waals surface area (Å²) >= 11 is 16.2. The molecule has 3 aromatic rings. The molecule has 0 radical (unpaired) electrons. The quantitative estimate of drug-likeness (QED) is 0.447. The summed E-state index contributed by atoms with van der Waals surface area (Å²) in [6, 6.07) is 16.1. The first-order chi connectivity index (χ1) is 11.7. The standard InChI is InChI=1S/C18H16Cl2N2S2/c19-16-7-4-8-17(20)18(16)24-15(11-22-10-9-21-13-22)12-23-14-5-2-1-3-6-14/h1-10,13,15H,11-12H2. The van der Waals surface area contributed by atoms with Crippen molar-refractivity contribution in [3.63, 3.8) is 0 Å².